The van der Waals surface area contributed by atoms with Gasteiger partial charge < -0.3 is 19.8 Å². The molecule has 0 aliphatic carbocycles. The third kappa shape index (κ3) is 7.23. The molecule has 2 N–H and O–H groups in total. The van der Waals surface area contributed by atoms with Crippen LogP contribution in [0.5, 0.6) is 5.75 Å². The van der Waals surface area contributed by atoms with Crippen molar-refractivity contribution in [3.05, 3.63) is 132 Å². The Bertz CT molecular complexity index is 2160. The van der Waals surface area contributed by atoms with Crippen molar-refractivity contribution in [1.82, 2.24) is 9.78 Å². The summed E-state index contributed by atoms with van der Waals surface area (Å²) >= 11 is 0. The number of rotatable bonds is 8. The maximum atomic E-state index is 13.7. The second-order valence-electron chi connectivity index (χ2n) is 10.8. The lowest BCUT2D eigenvalue weighted by molar-refractivity contribution is -0.138. The van der Waals surface area contributed by atoms with Gasteiger partial charge in [0.1, 0.15) is 11.3 Å². The summed E-state index contributed by atoms with van der Waals surface area (Å²) in [5.74, 6) is -1.67. The molecule has 6 aromatic rings. The number of nitrogens with one attached hydrogen (secondary N) is 2. The zero-order valence-corrected chi connectivity index (χ0v) is 25.8. The fourth-order valence-electron chi connectivity index (χ4n) is 5.04. The van der Waals surface area contributed by atoms with E-state index in [4.69, 9.17) is 9.15 Å². The van der Waals surface area contributed by atoms with Gasteiger partial charge in [0.05, 0.1) is 23.9 Å². The van der Waals surface area contributed by atoms with E-state index in [1.54, 1.807) is 54.6 Å². The van der Waals surface area contributed by atoms with Crippen molar-refractivity contribution < 1.29 is 45.1 Å². The second-order valence-corrected chi connectivity index (χ2v) is 10.8. The van der Waals surface area contributed by atoms with Crippen LogP contribution < -0.4 is 15.4 Å². The fourth-order valence-corrected chi connectivity index (χ4v) is 5.04. The zero-order valence-electron chi connectivity index (χ0n) is 25.8. The maximum absolute atomic E-state index is 13.7. The van der Waals surface area contributed by atoms with Gasteiger partial charge in [-0.2, -0.15) is 31.4 Å². The molecular formula is C36H24F6N4O4. The molecule has 2 heterocycles. The van der Waals surface area contributed by atoms with Crippen molar-refractivity contribution in [1.29, 1.82) is 0 Å². The third-order valence-electron chi connectivity index (χ3n) is 7.41. The standard InChI is InChI=1S/C36H24F6N4O4/c1-49-29-15-5-8-21-17-30(50-32(21)29)31-22(20-46(45-31)27-13-3-2-4-14-27)16-28(33(47)43-25-11-6-9-23(18-25)35(37,38)39)34(48)44-26-12-7-10-24(19-26)36(40,41)42/h2-20H,1H3,(H,43,47)(H,44,48). The Morgan fingerprint density at radius 3 is 1.90 bits per heavy atom. The smallest absolute Gasteiger partial charge is 0.416 e. The number of nitrogens with zero attached hydrogens (tertiary/aromatic N) is 2. The largest absolute Gasteiger partial charge is 0.493 e. The van der Waals surface area contributed by atoms with Gasteiger partial charge in [-0.25, -0.2) is 4.68 Å². The quantitative estimate of drug-likeness (QED) is 0.0719. The van der Waals surface area contributed by atoms with Crippen LogP contribution in [0.2, 0.25) is 0 Å². The Morgan fingerprint density at radius 1 is 0.760 bits per heavy atom. The highest BCUT2D eigenvalue weighted by Crippen LogP contribution is 2.36. The van der Waals surface area contributed by atoms with E-state index in [9.17, 15) is 35.9 Å². The van der Waals surface area contributed by atoms with Gasteiger partial charge in [-0.05, 0) is 66.7 Å². The summed E-state index contributed by atoms with van der Waals surface area (Å²) in [6.45, 7) is 0. The van der Waals surface area contributed by atoms with Crippen LogP contribution >= 0.6 is 0 Å². The van der Waals surface area contributed by atoms with Gasteiger partial charge in [0.15, 0.2) is 17.1 Å². The number of furan rings is 1. The molecule has 6 rings (SSSR count). The molecule has 0 saturated carbocycles. The summed E-state index contributed by atoms with van der Waals surface area (Å²) in [5, 5.41) is 9.88. The van der Waals surface area contributed by atoms with Crippen LogP contribution in [-0.2, 0) is 21.9 Å². The number of benzene rings is 4. The minimum absolute atomic E-state index is 0.153. The summed E-state index contributed by atoms with van der Waals surface area (Å²) in [6, 6.07) is 23.2. The monoisotopic (exact) mass is 690 g/mol. The van der Waals surface area contributed by atoms with E-state index in [2.05, 4.69) is 15.7 Å². The number of fused-ring (bicyclic) bond motifs is 1. The number of hydrogen-bond donors (Lipinski definition) is 2. The summed E-state index contributed by atoms with van der Waals surface area (Å²) in [7, 11) is 1.47. The first-order valence-electron chi connectivity index (χ1n) is 14.7. The second kappa shape index (κ2) is 13.3. The van der Waals surface area contributed by atoms with E-state index >= 15 is 0 Å². The summed E-state index contributed by atoms with van der Waals surface area (Å²) < 4.78 is 93.5. The van der Waals surface area contributed by atoms with Crippen molar-refractivity contribution in [2.24, 2.45) is 0 Å². The third-order valence-corrected chi connectivity index (χ3v) is 7.41. The summed E-state index contributed by atoms with van der Waals surface area (Å²) in [5.41, 5.74) is -2.06. The van der Waals surface area contributed by atoms with E-state index < -0.39 is 40.9 Å². The van der Waals surface area contributed by atoms with Gasteiger partial charge in [0.25, 0.3) is 11.8 Å². The molecule has 0 saturated heterocycles. The Kier molecular flexibility index (Phi) is 8.93. The molecule has 0 spiro atoms. The van der Waals surface area contributed by atoms with Crippen LogP contribution in [0.3, 0.4) is 0 Å². The highest BCUT2D eigenvalue weighted by molar-refractivity contribution is 6.29. The van der Waals surface area contributed by atoms with Crippen LogP contribution in [0.25, 0.3) is 34.2 Å². The molecule has 0 atom stereocenters. The first-order valence-corrected chi connectivity index (χ1v) is 14.7. The first kappa shape index (κ1) is 33.6. The zero-order chi connectivity index (χ0) is 35.6. The molecular weight excluding hydrogens is 666 g/mol. The number of ether oxygens (including phenoxy) is 1. The number of hydrogen-bond acceptors (Lipinski definition) is 5. The molecule has 0 aliphatic rings. The molecule has 0 radical (unpaired) electrons. The van der Waals surface area contributed by atoms with Crippen LogP contribution in [0.1, 0.15) is 16.7 Å². The van der Waals surface area contributed by atoms with Gasteiger partial charge in [-0.15, -0.1) is 0 Å². The first-order chi connectivity index (χ1) is 23.8. The van der Waals surface area contributed by atoms with Crippen molar-refractivity contribution >= 4 is 40.2 Å². The number of carbonyl (C=O) groups excluding carboxylic acids is 2. The van der Waals surface area contributed by atoms with E-state index in [0.717, 1.165) is 30.3 Å². The number of alkyl halides is 6. The number of halogens is 6. The molecule has 0 unspecified atom stereocenters. The van der Waals surface area contributed by atoms with Crippen LogP contribution in [-0.4, -0.2) is 28.7 Å². The van der Waals surface area contributed by atoms with Gasteiger partial charge in [-0.1, -0.05) is 42.5 Å². The number of anilines is 2. The molecule has 50 heavy (non-hydrogen) atoms. The Labute approximate surface area is 279 Å². The topological polar surface area (TPSA) is 98.4 Å². The lowest BCUT2D eigenvalue weighted by Gasteiger charge is -2.13. The van der Waals surface area contributed by atoms with E-state index in [0.29, 0.717) is 34.5 Å². The van der Waals surface area contributed by atoms with Gasteiger partial charge in [0.2, 0.25) is 0 Å². The molecule has 0 aliphatic heterocycles. The average Bonchev–Trinajstić information content (AvgIpc) is 3.71. The number of carbonyl (C=O) groups is 2. The molecule has 254 valence electrons. The molecule has 2 amide bonds. The maximum Gasteiger partial charge on any atom is 0.416 e. The van der Waals surface area contributed by atoms with Crippen molar-refractivity contribution in [2.75, 3.05) is 17.7 Å². The molecule has 0 fully saturated rings. The SMILES string of the molecule is COc1cccc2cc(-c3nn(-c4ccccc4)cc3C=C(C(=O)Nc3cccc(C(F)(F)F)c3)C(=O)Nc3cccc(C(F)(F)F)c3)oc12. The van der Waals surface area contributed by atoms with E-state index in [1.807, 2.05) is 0 Å². The fraction of sp³-hybridized carbons (Fsp3) is 0.0833. The van der Waals surface area contributed by atoms with Crippen molar-refractivity contribution in [3.63, 3.8) is 0 Å². The van der Waals surface area contributed by atoms with Crippen molar-refractivity contribution in [3.8, 4) is 22.9 Å². The highest BCUT2D eigenvalue weighted by Gasteiger charge is 2.32. The molecule has 0 bridgehead atoms. The van der Waals surface area contributed by atoms with Crippen LogP contribution in [0, 0.1) is 0 Å². The molecule has 4 aromatic carbocycles. The van der Waals surface area contributed by atoms with Gasteiger partial charge in [0, 0.05) is 28.5 Å². The minimum Gasteiger partial charge on any atom is -0.493 e. The average molecular weight is 691 g/mol. The number of amides is 2. The number of aromatic nitrogens is 2. The Morgan fingerprint density at radius 2 is 1.34 bits per heavy atom. The number of methoxy groups -OCH3 is 1. The summed E-state index contributed by atoms with van der Waals surface area (Å²) in [4.78, 5) is 27.4. The Balaban J connectivity index is 1.48. The van der Waals surface area contributed by atoms with Crippen LogP contribution in [0.15, 0.2) is 119 Å². The normalized spacial score (nSPS) is 11.7. The lowest BCUT2D eigenvalue weighted by Crippen LogP contribution is -2.25. The summed E-state index contributed by atoms with van der Waals surface area (Å²) in [6.07, 6.45) is -6.84. The van der Waals surface area contributed by atoms with E-state index in [1.165, 1.54) is 30.1 Å². The molecule has 2 aromatic heterocycles. The van der Waals surface area contributed by atoms with Gasteiger partial charge in [-0.3, -0.25) is 9.59 Å². The molecule has 14 heteroatoms. The molecule has 8 nitrogen and oxygen atoms in total. The Hall–Kier alpha value is -6.31. The van der Waals surface area contributed by atoms with Crippen molar-refractivity contribution in [2.45, 2.75) is 12.4 Å². The van der Waals surface area contributed by atoms with E-state index in [-0.39, 0.29) is 28.4 Å². The lowest BCUT2D eigenvalue weighted by atomic mass is 10.1. The number of para-hydroxylation sites is 2. The predicted octanol–water partition coefficient (Wildman–Crippen LogP) is 8.99. The predicted molar refractivity (Wildman–Crippen MR) is 173 cm³/mol. The van der Waals surface area contributed by atoms with Gasteiger partial charge >= 0.3 is 12.4 Å². The minimum atomic E-state index is -4.73. The van der Waals surface area contributed by atoms with Crippen LogP contribution in [0.4, 0.5) is 37.7 Å². The highest BCUT2D eigenvalue weighted by atomic mass is 19.4.